The van der Waals surface area contributed by atoms with Crippen molar-refractivity contribution in [1.29, 1.82) is 0 Å². The van der Waals surface area contributed by atoms with E-state index in [1.165, 1.54) is 0 Å². The van der Waals surface area contributed by atoms with E-state index < -0.39 is 0 Å². The van der Waals surface area contributed by atoms with Gasteiger partial charge >= 0.3 is 0 Å². The monoisotopic (exact) mass is 339 g/mol. The van der Waals surface area contributed by atoms with Crippen molar-refractivity contribution in [2.24, 2.45) is 0 Å². The number of amides is 1. The third-order valence-corrected chi connectivity index (χ3v) is 4.48. The molecule has 0 aliphatic carbocycles. The standard InChI is InChI=1S/C20H25N3O2/c1-21-16-11-13-23(14-12-16)15-20(24)22-17-7-9-19(10-8-17)25-18-5-3-2-4-6-18/h2-10,16,21H,11-15H2,1H3,(H,22,24). The minimum Gasteiger partial charge on any atom is -0.457 e. The zero-order chi connectivity index (χ0) is 17.5. The number of carbonyl (C=O) groups excluding carboxylic acids is 1. The molecule has 0 spiro atoms. The van der Waals surface area contributed by atoms with E-state index in [9.17, 15) is 4.79 Å². The van der Waals surface area contributed by atoms with E-state index in [4.69, 9.17) is 4.74 Å². The molecule has 1 heterocycles. The van der Waals surface area contributed by atoms with Crippen molar-refractivity contribution in [1.82, 2.24) is 10.2 Å². The highest BCUT2D eigenvalue weighted by atomic mass is 16.5. The number of anilines is 1. The molecule has 1 aliphatic rings. The number of hydrogen-bond acceptors (Lipinski definition) is 4. The maximum Gasteiger partial charge on any atom is 0.238 e. The van der Waals surface area contributed by atoms with Gasteiger partial charge in [-0.15, -0.1) is 0 Å². The molecule has 2 aromatic carbocycles. The molecule has 1 fully saturated rings. The predicted octanol–water partition coefficient (Wildman–Crippen LogP) is 3.10. The molecule has 2 aromatic rings. The third-order valence-electron chi connectivity index (χ3n) is 4.48. The summed E-state index contributed by atoms with van der Waals surface area (Å²) in [5.41, 5.74) is 0.788. The Kier molecular flexibility index (Phi) is 6.04. The Morgan fingerprint density at radius 2 is 1.68 bits per heavy atom. The summed E-state index contributed by atoms with van der Waals surface area (Å²) in [5.74, 6) is 1.57. The SMILES string of the molecule is CNC1CCN(CC(=O)Nc2ccc(Oc3ccccc3)cc2)CC1. The Morgan fingerprint density at radius 1 is 1.04 bits per heavy atom. The van der Waals surface area contributed by atoms with Crippen LogP contribution in [0.2, 0.25) is 0 Å². The van der Waals surface area contributed by atoms with Crippen LogP contribution in [-0.2, 0) is 4.79 Å². The second kappa shape index (κ2) is 8.65. The third kappa shape index (κ3) is 5.31. The summed E-state index contributed by atoms with van der Waals surface area (Å²) in [6, 6.07) is 17.7. The van der Waals surface area contributed by atoms with Crippen LogP contribution in [0, 0.1) is 0 Å². The lowest BCUT2D eigenvalue weighted by Crippen LogP contribution is -2.44. The van der Waals surface area contributed by atoms with E-state index in [0.29, 0.717) is 12.6 Å². The second-order valence-corrected chi connectivity index (χ2v) is 6.33. The number of carbonyl (C=O) groups is 1. The number of benzene rings is 2. The lowest BCUT2D eigenvalue weighted by Gasteiger charge is -2.31. The number of rotatable bonds is 6. The molecule has 0 saturated carbocycles. The largest absolute Gasteiger partial charge is 0.457 e. The van der Waals surface area contributed by atoms with Gasteiger partial charge in [-0.25, -0.2) is 0 Å². The Labute approximate surface area is 149 Å². The second-order valence-electron chi connectivity index (χ2n) is 6.33. The van der Waals surface area contributed by atoms with Crippen LogP contribution in [0.25, 0.3) is 0 Å². The summed E-state index contributed by atoms with van der Waals surface area (Å²) in [7, 11) is 2.00. The number of hydrogen-bond donors (Lipinski definition) is 2. The van der Waals surface area contributed by atoms with Gasteiger partial charge in [-0.05, 0) is 56.3 Å². The first-order chi connectivity index (χ1) is 12.2. The van der Waals surface area contributed by atoms with Crippen molar-refractivity contribution in [3.8, 4) is 11.5 Å². The minimum atomic E-state index is 0.0274. The molecule has 25 heavy (non-hydrogen) atoms. The molecule has 5 heteroatoms. The summed E-state index contributed by atoms with van der Waals surface area (Å²) in [5, 5.41) is 6.25. The van der Waals surface area contributed by atoms with Gasteiger partial charge in [0.25, 0.3) is 0 Å². The summed E-state index contributed by atoms with van der Waals surface area (Å²) >= 11 is 0. The van der Waals surface area contributed by atoms with Crippen LogP contribution in [0.5, 0.6) is 11.5 Å². The number of nitrogens with one attached hydrogen (secondary N) is 2. The average Bonchev–Trinajstić information content (AvgIpc) is 2.65. The summed E-state index contributed by atoms with van der Waals surface area (Å²) in [4.78, 5) is 14.4. The lowest BCUT2D eigenvalue weighted by molar-refractivity contribution is -0.117. The zero-order valence-electron chi connectivity index (χ0n) is 14.6. The Hall–Kier alpha value is -2.37. The summed E-state index contributed by atoms with van der Waals surface area (Å²) in [6.45, 7) is 2.37. The fraction of sp³-hybridized carbons (Fsp3) is 0.350. The highest BCUT2D eigenvalue weighted by Crippen LogP contribution is 2.22. The number of piperidine rings is 1. The number of likely N-dealkylation sites (tertiary alicyclic amines) is 1. The first-order valence-electron chi connectivity index (χ1n) is 8.75. The molecule has 0 aromatic heterocycles. The summed E-state index contributed by atoms with van der Waals surface area (Å²) in [6.07, 6.45) is 2.19. The van der Waals surface area contributed by atoms with Crippen molar-refractivity contribution in [3.05, 3.63) is 54.6 Å². The molecule has 0 bridgehead atoms. The molecule has 3 rings (SSSR count). The molecule has 1 saturated heterocycles. The van der Waals surface area contributed by atoms with Crippen LogP contribution in [-0.4, -0.2) is 43.5 Å². The van der Waals surface area contributed by atoms with Gasteiger partial charge in [0.15, 0.2) is 0 Å². The zero-order valence-corrected chi connectivity index (χ0v) is 14.6. The van der Waals surface area contributed by atoms with Gasteiger partial charge < -0.3 is 15.4 Å². The van der Waals surface area contributed by atoms with E-state index in [2.05, 4.69) is 15.5 Å². The van der Waals surface area contributed by atoms with Crippen molar-refractivity contribution in [3.63, 3.8) is 0 Å². The van der Waals surface area contributed by atoms with E-state index in [1.807, 2.05) is 61.6 Å². The molecule has 0 radical (unpaired) electrons. The van der Waals surface area contributed by atoms with E-state index >= 15 is 0 Å². The summed E-state index contributed by atoms with van der Waals surface area (Å²) < 4.78 is 5.75. The highest BCUT2D eigenvalue weighted by Gasteiger charge is 2.19. The van der Waals surface area contributed by atoms with Crippen LogP contribution >= 0.6 is 0 Å². The maximum absolute atomic E-state index is 12.2. The molecule has 1 aliphatic heterocycles. The minimum absolute atomic E-state index is 0.0274. The maximum atomic E-state index is 12.2. The smallest absolute Gasteiger partial charge is 0.238 e. The predicted molar refractivity (Wildman–Crippen MR) is 100 cm³/mol. The van der Waals surface area contributed by atoms with Crippen molar-refractivity contribution < 1.29 is 9.53 Å². The average molecular weight is 339 g/mol. The number of nitrogens with zero attached hydrogens (tertiary/aromatic N) is 1. The fourth-order valence-corrected chi connectivity index (χ4v) is 3.01. The normalized spacial score (nSPS) is 15.7. The van der Waals surface area contributed by atoms with Crippen molar-refractivity contribution in [2.75, 3.05) is 32.0 Å². The molecule has 5 nitrogen and oxygen atoms in total. The molecular formula is C20H25N3O2. The van der Waals surface area contributed by atoms with Gasteiger partial charge in [-0.2, -0.15) is 0 Å². The quantitative estimate of drug-likeness (QED) is 0.849. The highest BCUT2D eigenvalue weighted by molar-refractivity contribution is 5.92. The van der Waals surface area contributed by atoms with Crippen LogP contribution < -0.4 is 15.4 Å². The van der Waals surface area contributed by atoms with Gasteiger partial charge in [0.1, 0.15) is 11.5 Å². The van der Waals surface area contributed by atoms with E-state index in [1.54, 1.807) is 0 Å². The first-order valence-corrected chi connectivity index (χ1v) is 8.75. The molecule has 2 N–H and O–H groups in total. The van der Waals surface area contributed by atoms with Crippen LogP contribution in [0.1, 0.15) is 12.8 Å². The first kappa shape index (κ1) is 17.5. The van der Waals surface area contributed by atoms with Crippen LogP contribution in [0.3, 0.4) is 0 Å². The van der Waals surface area contributed by atoms with Gasteiger partial charge in [0, 0.05) is 24.8 Å². The molecule has 0 atom stereocenters. The van der Waals surface area contributed by atoms with E-state index in [-0.39, 0.29) is 5.91 Å². The van der Waals surface area contributed by atoms with Gasteiger partial charge in [0.05, 0.1) is 6.54 Å². The van der Waals surface area contributed by atoms with Crippen molar-refractivity contribution >= 4 is 11.6 Å². The Morgan fingerprint density at radius 3 is 2.32 bits per heavy atom. The molecule has 0 unspecified atom stereocenters. The number of ether oxygens (including phenoxy) is 1. The molecule has 132 valence electrons. The Balaban J connectivity index is 1.47. The topological polar surface area (TPSA) is 53.6 Å². The van der Waals surface area contributed by atoms with Gasteiger partial charge in [-0.3, -0.25) is 9.69 Å². The Bertz CT molecular complexity index is 665. The van der Waals surface area contributed by atoms with Crippen molar-refractivity contribution in [2.45, 2.75) is 18.9 Å². The molecule has 1 amide bonds. The van der Waals surface area contributed by atoms with Gasteiger partial charge in [-0.1, -0.05) is 18.2 Å². The fourth-order valence-electron chi connectivity index (χ4n) is 3.01. The van der Waals surface area contributed by atoms with E-state index in [0.717, 1.165) is 43.1 Å². The van der Waals surface area contributed by atoms with Gasteiger partial charge in [0.2, 0.25) is 5.91 Å². The lowest BCUT2D eigenvalue weighted by atomic mass is 10.1. The van der Waals surface area contributed by atoms with Crippen LogP contribution in [0.4, 0.5) is 5.69 Å². The molecular weight excluding hydrogens is 314 g/mol. The van der Waals surface area contributed by atoms with Crippen LogP contribution in [0.15, 0.2) is 54.6 Å². The number of para-hydroxylation sites is 1.